The van der Waals surface area contributed by atoms with E-state index in [0.29, 0.717) is 16.3 Å². The lowest BCUT2D eigenvalue weighted by Gasteiger charge is -2.06. The van der Waals surface area contributed by atoms with Crippen molar-refractivity contribution in [3.8, 4) is 0 Å². The van der Waals surface area contributed by atoms with Crippen molar-refractivity contribution < 1.29 is 9.53 Å². The minimum atomic E-state index is -0.424. The van der Waals surface area contributed by atoms with Gasteiger partial charge in [0, 0.05) is 20.2 Å². The Morgan fingerprint density at radius 1 is 1.15 bits per heavy atom. The third-order valence-electron chi connectivity index (χ3n) is 3.28. The first-order valence-corrected chi connectivity index (χ1v) is 6.98. The van der Waals surface area contributed by atoms with E-state index in [4.69, 9.17) is 4.74 Å². The maximum absolute atomic E-state index is 12.6. The Labute approximate surface area is 119 Å². The van der Waals surface area contributed by atoms with Gasteiger partial charge in [-0.1, -0.05) is 12.1 Å². The number of aryl methyl sites for hydroxylation is 1. The van der Waals surface area contributed by atoms with Crippen LogP contribution in [0.5, 0.6) is 0 Å². The standard InChI is InChI=1S/C16H12O3S/c1-9-7-10(16(18)19-2)8-12-14(17)11-5-3-4-6-13(11)20-15(9)12/h3-8H,1-2H3. The minimum absolute atomic E-state index is 0.0387. The van der Waals surface area contributed by atoms with Crippen LogP contribution in [-0.4, -0.2) is 13.1 Å². The molecule has 3 aromatic rings. The van der Waals surface area contributed by atoms with Gasteiger partial charge in [-0.3, -0.25) is 4.79 Å². The molecule has 0 aliphatic rings. The summed E-state index contributed by atoms with van der Waals surface area (Å²) in [4.78, 5) is 24.2. The van der Waals surface area contributed by atoms with E-state index in [0.717, 1.165) is 15.0 Å². The number of rotatable bonds is 1. The van der Waals surface area contributed by atoms with E-state index >= 15 is 0 Å². The average Bonchev–Trinajstić information content (AvgIpc) is 2.47. The highest BCUT2D eigenvalue weighted by atomic mass is 32.1. The van der Waals surface area contributed by atoms with Crippen LogP contribution >= 0.6 is 11.3 Å². The highest BCUT2D eigenvalue weighted by Gasteiger charge is 2.13. The number of carbonyl (C=O) groups is 1. The maximum atomic E-state index is 12.6. The van der Waals surface area contributed by atoms with Crippen molar-refractivity contribution in [3.05, 3.63) is 57.7 Å². The van der Waals surface area contributed by atoms with Crippen molar-refractivity contribution in [1.82, 2.24) is 0 Å². The molecule has 0 bridgehead atoms. The van der Waals surface area contributed by atoms with Crippen LogP contribution in [0.1, 0.15) is 15.9 Å². The van der Waals surface area contributed by atoms with Gasteiger partial charge in [-0.25, -0.2) is 4.79 Å². The van der Waals surface area contributed by atoms with Gasteiger partial charge in [0.2, 0.25) is 0 Å². The Bertz CT molecular complexity index is 893. The molecule has 0 atom stereocenters. The van der Waals surface area contributed by atoms with Crippen LogP contribution in [0.4, 0.5) is 0 Å². The topological polar surface area (TPSA) is 43.4 Å². The van der Waals surface area contributed by atoms with E-state index < -0.39 is 5.97 Å². The number of esters is 1. The first kappa shape index (κ1) is 12.8. The Morgan fingerprint density at radius 2 is 1.90 bits per heavy atom. The SMILES string of the molecule is COC(=O)c1cc(C)c2sc3ccccc3c(=O)c2c1. The third-order valence-corrected chi connectivity index (χ3v) is 4.61. The second-order valence-electron chi connectivity index (χ2n) is 4.59. The Kier molecular flexibility index (Phi) is 3.03. The van der Waals surface area contributed by atoms with Crippen molar-refractivity contribution >= 4 is 37.5 Å². The molecule has 0 N–H and O–H groups in total. The van der Waals surface area contributed by atoms with Crippen molar-refractivity contribution in [3.63, 3.8) is 0 Å². The summed E-state index contributed by atoms with van der Waals surface area (Å²) < 4.78 is 6.61. The van der Waals surface area contributed by atoms with Crippen LogP contribution in [0, 0.1) is 6.92 Å². The molecule has 0 unspecified atom stereocenters. The molecule has 1 heterocycles. The highest BCUT2D eigenvalue weighted by Crippen LogP contribution is 2.28. The summed E-state index contributed by atoms with van der Waals surface area (Å²) in [5.41, 5.74) is 1.29. The number of benzene rings is 2. The van der Waals surface area contributed by atoms with E-state index in [1.165, 1.54) is 7.11 Å². The predicted molar refractivity (Wildman–Crippen MR) is 81.7 cm³/mol. The van der Waals surface area contributed by atoms with Crippen LogP contribution < -0.4 is 5.43 Å². The lowest BCUT2D eigenvalue weighted by atomic mass is 10.1. The van der Waals surface area contributed by atoms with Gasteiger partial charge in [-0.05, 0) is 36.8 Å². The van der Waals surface area contributed by atoms with E-state index in [9.17, 15) is 9.59 Å². The molecule has 0 radical (unpaired) electrons. The Balaban J connectivity index is 2.47. The first-order valence-electron chi connectivity index (χ1n) is 6.16. The van der Waals surface area contributed by atoms with E-state index in [2.05, 4.69) is 0 Å². The van der Waals surface area contributed by atoms with Crippen LogP contribution in [0.15, 0.2) is 41.2 Å². The fraction of sp³-hybridized carbons (Fsp3) is 0.125. The molecule has 0 amide bonds. The Hall–Kier alpha value is -2.20. The second-order valence-corrected chi connectivity index (χ2v) is 5.64. The van der Waals surface area contributed by atoms with Gasteiger partial charge in [0.1, 0.15) is 0 Å². The first-order chi connectivity index (χ1) is 9.61. The fourth-order valence-corrected chi connectivity index (χ4v) is 3.43. The van der Waals surface area contributed by atoms with Crippen molar-refractivity contribution in [1.29, 1.82) is 0 Å². The zero-order valence-electron chi connectivity index (χ0n) is 11.1. The van der Waals surface area contributed by atoms with Gasteiger partial charge in [-0.15, -0.1) is 11.3 Å². The van der Waals surface area contributed by atoms with Crippen LogP contribution in [0.3, 0.4) is 0 Å². The summed E-state index contributed by atoms with van der Waals surface area (Å²) in [5, 5.41) is 1.26. The molecular weight excluding hydrogens is 272 g/mol. The summed E-state index contributed by atoms with van der Waals surface area (Å²) in [5.74, 6) is -0.424. The smallest absolute Gasteiger partial charge is 0.337 e. The average molecular weight is 284 g/mol. The van der Waals surface area contributed by atoms with Gasteiger partial charge >= 0.3 is 5.97 Å². The van der Waals surface area contributed by atoms with E-state index in [1.54, 1.807) is 23.5 Å². The number of methoxy groups -OCH3 is 1. The molecule has 0 saturated carbocycles. The highest BCUT2D eigenvalue weighted by molar-refractivity contribution is 7.24. The molecule has 100 valence electrons. The quantitative estimate of drug-likeness (QED) is 0.507. The van der Waals surface area contributed by atoms with Crippen LogP contribution in [0.25, 0.3) is 20.2 Å². The molecule has 3 nitrogen and oxygen atoms in total. The second kappa shape index (κ2) is 4.72. The van der Waals surface area contributed by atoms with Crippen molar-refractivity contribution in [2.75, 3.05) is 7.11 Å². The summed E-state index contributed by atoms with van der Waals surface area (Å²) in [6.07, 6.45) is 0. The van der Waals surface area contributed by atoms with Crippen molar-refractivity contribution in [2.45, 2.75) is 6.92 Å². The van der Waals surface area contributed by atoms with Crippen LogP contribution in [0.2, 0.25) is 0 Å². The summed E-state index contributed by atoms with van der Waals surface area (Å²) in [6.45, 7) is 1.90. The molecule has 3 rings (SSSR count). The largest absolute Gasteiger partial charge is 0.465 e. The lowest BCUT2D eigenvalue weighted by molar-refractivity contribution is 0.0601. The molecule has 2 aromatic carbocycles. The van der Waals surface area contributed by atoms with Crippen molar-refractivity contribution in [2.24, 2.45) is 0 Å². The number of hydrogen-bond acceptors (Lipinski definition) is 4. The predicted octanol–water partition coefficient (Wildman–Crippen LogP) is 3.51. The number of fused-ring (bicyclic) bond motifs is 2. The van der Waals surface area contributed by atoms with Gasteiger partial charge in [0.05, 0.1) is 12.7 Å². The molecule has 4 heteroatoms. The number of carbonyl (C=O) groups excluding carboxylic acids is 1. The van der Waals surface area contributed by atoms with Gasteiger partial charge in [0.15, 0.2) is 5.43 Å². The van der Waals surface area contributed by atoms with E-state index in [-0.39, 0.29) is 5.43 Å². The third kappa shape index (κ3) is 1.89. The lowest BCUT2D eigenvalue weighted by Crippen LogP contribution is -2.06. The maximum Gasteiger partial charge on any atom is 0.337 e. The van der Waals surface area contributed by atoms with E-state index in [1.807, 2.05) is 31.2 Å². The Morgan fingerprint density at radius 3 is 2.65 bits per heavy atom. The monoisotopic (exact) mass is 284 g/mol. The van der Waals surface area contributed by atoms with Crippen LogP contribution in [-0.2, 0) is 4.74 Å². The van der Waals surface area contributed by atoms with Gasteiger partial charge in [0.25, 0.3) is 0 Å². The molecule has 0 spiro atoms. The summed E-state index contributed by atoms with van der Waals surface area (Å²) >= 11 is 1.57. The molecule has 1 aromatic heterocycles. The molecular formula is C16H12O3S. The molecule has 0 saturated heterocycles. The van der Waals surface area contributed by atoms with Gasteiger partial charge < -0.3 is 4.74 Å². The summed E-state index contributed by atoms with van der Waals surface area (Å²) in [7, 11) is 1.34. The fourth-order valence-electron chi connectivity index (χ4n) is 2.31. The normalized spacial score (nSPS) is 10.9. The van der Waals surface area contributed by atoms with Gasteiger partial charge in [-0.2, -0.15) is 0 Å². The minimum Gasteiger partial charge on any atom is -0.465 e. The number of ether oxygens (including phenoxy) is 1. The summed E-state index contributed by atoms with van der Waals surface area (Å²) in [6, 6.07) is 10.9. The molecule has 0 aliphatic carbocycles. The zero-order chi connectivity index (χ0) is 14.3. The zero-order valence-corrected chi connectivity index (χ0v) is 11.9. The molecule has 0 aliphatic heterocycles. The molecule has 0 fully saturated rings. The molecule has 20 heavy (non-hydrogen) atoms. The number of hydrogen-bond donors (Lipinski definition) is 0.